The number of likely N-dealkylation sites (tertiary alicyclic amines) is 1. The highest BCUT2D eigenvalue weighted by Gasteiger charge is 2.28. The molecule has 1 fully saturated rings. The molecular weight excluding hydrogens is 196 g/mol. The van der Waals surface area contributed by atoms with E-state index in [-0.39, 0.29) is 0 Å². The van der Waals surface area contributed by atoms with Crippen LogP contribution in [0.2, 0.25) is 0 Å². The van der Waals surface area contributed by atoms with Gasteiger partial charge in [0.25, 0.3) is 0 Å². The number of nitrogens with one attached hydrogen (secondary N) is 1. The van der Waals surface area contributed by atoms with E-state index in [1.165, 1.54) is 18.7 Å². The molecule has 2 nitrogen and oxygen atoms in total. The third-order valence-corrected chi connectivity index (χ3v) is 3.74. The topological polar surface area (TPSA) is 15.3 Å². The van der Waals surface area contributed by atoms with Gasteiger partial charge in [0, 0.05) is 24.3 Å². The zero-order valence-corrected chi connectivity index (χ0v) is 10.5. The number of piperidine rings is 1. The second-order valence-corrected chi connectivity index (χ2v) is 5.12. The van der Waals surface area contributed by atoms with Crippen LogP contribution in [-0.4, -0.2) is 30.6 Å². The summed E-state index contributed by atoms with van der Waals surface area (Å²) in [5.41, 5.74) is 1.25. The fourth-order valence-electron chi connectivity index (χ4n) is 2.49. The van der Waals surface area contributed by atoms with E-state index in [4.69, 9.17) is 0 Å². The molecule has 1 heterocycles. The van der Waals surface area contributed by atoms with Gasteiger partial charge in [-0.1, -0.05) is 25.1 Å². The Kier molecular flexibility index (Phi) is 3.49. The summed E-state index contributed by atoms with van der Waals surface area (Å²) in [6.45, 7) is 5.83. The minimum absolute atomic E-state index is 0.605. The molecule has 0 spiro atoms. The monoisotopic (exact) mass is 218 g/mol. The minimum Gasteiger partial charge on any atom is -0.382 e. The van der Waals surface area contributed by atoms with Crippen molar-refractivity contribution in [2.45, 2.75) is 32.4 Å². The summed E-state index contributed by atoms with van der Waals surface area (Å²) in [6.07, 6.45) is 1.23. The molecule has 1 N–H and O–H groups in total. The third-order valence-electron chi connectivity index (χ3n) is 3.74. The molecule has 3 atom stereocenters. The summed E-state index contributed by atoms with van der Waals surface area (Å²) in [6, 6.07) is 11.8. The van der Waals surface area contributed by atoms with Gasteiger partial charge in [0.05, 0.1) is 0 Å². The molecule has 0 saturated carbocycles. The van der Waals surface area contributed by atoms with Crippen molar-refractivity contribution in [1.82, 2.24) is 4.90 Å². The Balaban J connectivity index is 2.00. The summed E-state index contributed by atoms with van der Waals surface area (Å²) in [7, 11) is 2.22. The molecule has 0 aromatic heterocycles. The Morgan fingerprint density at radius 2 is 1.88 bits per heavy atom. The van der Waals surface area contributed by atoms with Crippen LogP contribution in [0.3, 0.4) is 0 Å². The molecule has 1 aliphatic heterocycles. The molecule has 88 valence electrons. The fourth-order valence-corrected chi connectivity index (χ4v) is 2.49. The first-order chi connectivity index (χ1) is 7.66. The highest BCUT2D eigenvalue weighted by Crippen LogP contribution is 2.23. The smallest absolute Gasteiger partial charge is 0.0342 e. The summed E-state index contributed by atoms with van der Waals surface area (Å²) in [5, 5.41) is 3.65. The number of benzene rings is 1. The highest BCUT2D eigenvalue weighted by molar-refractivity contribution is 5.43. The second-order valence-electron chi connectivity index (χ2n) is 5.12. The van der Waals surface area contributed by atoms with Crippen molar-refractivity contribution in [3.05, 3.63) is 30.3 Å². The molecule has 0 bridgehead atoms. The number of rotatable bonds is 2. The number of hydrogen-bond donors (Lipinski definition) is 1. The summed E-state index contributed by atoms with van der Waals surface area (Å²) < 4.78 is 0. The average molecular weight is 218 g/mol. The Morgan fingerprint density at radius 3 is 2.56 bits per heavy atom. The van der Waals surface area contributed by atoms with Crippen LogP contribution in [0.4, 0.5) is 5.69 Å². The van der Waals surface area contributed by atoms with Gasteiger partial charge in [0.2, 0.25) is 0 Å². The Morgan fingerprint density at radius 1 is 1.19 bits per heavy atom. The van der Waals surface area contributed by atoms with Crippen LogP contribution in [0.1, 0.15) is 20.3 Å². The Labute approximate surface area is 98.7 Å². The van der Waals surface area contributed by atoms with E-state index in [0.717, 1.165) is 0 Å². The molecule has 0 amide bonds. The Hall–Kier alpha value is -1.02. The molecule has 16 heavy (non-hydrogen) atoms. The Bertz CT molecular complexity index is 323. The van der Waals surface area contributed by atoms with Crippen molar-refractivity contribution in [2.24, 2.45) is 5.92 Å². The fraction of sp³-hybridized carbons (Fsp3) is 0.571. The molecular formula is C14H22N2. The van der Waals surface area contributed by atoms with Crippen molar-refractivity contribution in [3.63, 3.8) is 0 Å². The van der Waals surface area contributed by atoms with Crippen molar-refractivity contribution < 1.29 is 0 Å². The maximum absolute atomic E-state index is 3.65. The third kappa shape index (κ3) is 2.56. The lowest BCUT2D eigenvalue weighted by Crippen LogP contribution is -2.48. The summed E-state index contributed by atoms with van der Waals surface area (Å²) in [4.78, 5) is 2.45. The van der Waals surface area contributed by atoms with Gasteiger partial charge in [-0.2, -0.15) is 0 Å². The average Bonchev–Trinajstić information content (AvgIpc) is 2.27. The largest absolute Gasteiger partial charge is 0.382 e. The van der Waals surface area contributed by atoms with Crippen molar-refractivity contribution in [2.75, 3.05) is 18.9 Å². The van der Waals surface area contributed by atoms with Gasteiger partial charge in [-0.15, -0.1) is 0 Å². The van der Waals surface area contributed by atoms with Gasteiger partial charge in [0.1, 0.15) is 0 Å². The second kappa shape index (κ2) is 4.88. The van der Waals surface area contributed by atoms with E-state index < -0.39 is 0 Å². The number of para-hydroxylation sites is 1. The van der Waals surface area contributed by atoms with Gasteiger partial charge >= 0.3 is 0 Å². The minimum atomic E-state index is 0.605. The van der Waals surface area contributed by atoms with Crippen molar-refractivity contribution >= 4 is 5.69 Å². The quantitative estimate of drug-likeness (QED) is 0.821. The first kappa shape index (κ1) is 11.5. The predicted molar refractivity (Wildman–Crippen MR) is 69.7 cm³/mol. The van der Waals surface area contributed by atoms with Crippen LogP contribution in [0, 0.1) is 5.92 Å². The van der Waals surface area contributed by atoms with Crippen LogP contribution < -0.4 is 5.32 Å². The molecule has 1 saturated heterocycles. The molecule has 1 aromatic rings. The van der Waals surface area contributed by atoms with E-state index in [2.05, 4.69) is 61.4 Å². The lowest BCUT2D eigenvalue weighted by molar-refractivity contribution is 0.145. The van der Waals surface area contributed by atoms with Gasteiger partial charge in [-0.05, 0) is 38.4 Å². The molecule has 1 aromatic carbocycles. The number of hydrogen-bond acceptors (Lipinski definition) is 2. The molecule has 2 rings (SSSR count). The SMILES string of the molecule is CC1CN(C)C(C)CC1Nc1ccccc1. The van der Waals surface area contributed by atoms with Gasteiger partial charge < -0.3 is 10.2 Å². The maximum Gasteiger partial charge on any atom is 0.0342 e. The normalized spacial score (nSPS) is 31.3. The standard InChI is InChI=1S/C14H22N2/c1-11-10-16(3)12(2)9-14(11)15-13-7-5-4-6-8-13/h4-8,11-12,14-15H,9-10H2,1-3H3. The number of nitrogens with zero attached hydrogens (tertiary/aromatic N) is 1. The van der Waals surface area contributed by atoms with E-state index in [1.807, 2.05) is 0 Å². The van der Waals surface area contributed by atoms with E-state index >= 15 is 0 Å². The lowest BCUT2D eigenvalue weighted by Gasteiger charge is -2.40. The van der Waals surface area contributed by atoms with Crippen molar-refractivity contribution in [3.8, 4) is 0 Å². The van der Waals surface area contributed by atoms with E-state index in [9.17, 15) is 0 Å². The van der Waals surface area contributed by atoms with Crippen LogP contribution >= 0.6 is 0 Å². The first-order valence-electron chi connectivity index (χ1n) is 6.18. The number of anilines is 1. The predicted octanol–water partition coefficient (Wildman–Crippen LogP) is 2.83. The molecule has 0 radical (unpaired) electrons. The zero-order chi connectivity index (χ0) is 11.5. The summed E-state index contributed by atoms with van der Waals surface area (Å²) in [5.74, 6) is 0.710. The first-order valence-corrected chi connectivity index (χ1v) is 6.18. The molecule has 0 aliphatic carbocycles. The zero-order valence-electron chi connectivity index (χ0n) is 10.5. The van der Waals surface area contributed by atoms with Crippen LogP contribution in [-0.2, 0) is 0 Å². The van der Waals surface area contributed by atoms with Gasteiger partial charge in [-0.3, -0.25) is 0 Å². The lowest BCUT2D eigenvalue weighted by atomic mass is 9.89. The van der Waals surface area contributed by atoms with E-state index in [0.29, 0.717) is 18.0 Å². The molecule has 3 unspecified atom stereocenters. The summed E-state index contributed by atoms with van der Waals surface area (Å²) >= 11 is 0. The molecule has 1 aliphatic rings. The molecule has 2 heteroatoms. The van der Waals surface area contributed by atoms with Crippen molar-refractivity contribution in [1.29, 1.82) is 0 Å². The van der Waals surface area contributed by atoms with Gasteiger partial charge in [0.15, 0.2) is 0 Å². The van der Waals surface area contributed by atoms with Crippen LogP contribution in [0.25, 0.3) is 0 Å². The van der Waals surface area contributed by atoms with Crippen LogP contribution in [0.5, 0.6) is 0 Å². The maximum atomic E-state index is 3.65. The highest BCUT2D eigenvalue weighted by atomic mass is 15.2. The van der Waals surface area contributed by atoms with E-state index in [1.54, 1.807) is 0 Å². The van der Waals surface area contributed by atoms with Gasteiger partial charge in [-0.25, -0.2) is 0 Å². The van der Waals surface area contributed by atoms with Crippen LogP contribution in [0.15, 0.2) is 30.3 Å².